The summed E-state index contributed by atoms with van der Waals surface area (Å²) in [6.07, 6.45) is 14.2. The lowest BCUT2D eigenvalue weighted by molar-refractivity contribution is -0.164. The number of rotatable bonds is 1. The molecule has 0 saturated heterocycles. The molecule has 4 fully saturated rings. The van der Waals surface area contributed by atoms with Gasteiger partial charge in [0.25, 0.3) is 0 Å². The molecule has 0 N–H and O–H groups in total. The van der Waals surface area contributed by atoms with Crippen molar-refractivity contribution < 1.29 is 4.79 Å². The summed E-state index contributed by atoms with van der Waals surface area (Å²) in [7, 11) is 0. The van der Waals surface area contributed by atoms with Crippen molar-refractivity contribution in [2.45, 2.75) is 113 Å². The standard InChI is InChI=1S/C30H48O/c1-19(2)20-11-14-27(5)17-18-29(7)22-9-10-23-26(3,4)24(31)13-15-28(23,6)21(22)12-16-30(29,8)25(20)27/h12,19-20,22-23,25H,9-11,13-18H2,1-8H3/t20-,22+,23+,25-,27-,28+,29-,30+/m0/s1. The molecular weight excluding hydrogens is 376 g/mol. The van der Waals surface area contributed by atoms with E-state index in [1.165, 1.54) is 44.9 Å². The first-order valence-electron chi connectivity index (χ1n) is 13.6. The summed E-state index contributed by atoms with van der Waals surface area (Å²) in [5.41, 5.74) is 3.25. The van der Waals surface area contributed by atoms with E-state index in [-0.39, 0.29) is 10.8 Å². The number of hydrogen-bond donors (Lipinski definition) is 0. The number of fused-ring (bicyclic) bond motifs is 7. The van der Waals surface area contributed by atoms with Gasteiger partial charge in [-0.3, -0.25) is 4.79 Å². The lowest BCUT2D eigenvalue weighted by atomic mass is 9.35. The Morgan fingerprint density at radius 3 is 2.26 bits per heavy atom. The molecule has 0 aliphatic heterocycles. The lowest BCUT2D eigenvalue weighted by Gasteiger charge is -2.69. The van der Waals surface area contributed by atoms with Gasteiger partial charge in [0.15, 0.2) is 0 Å². The van der Waals surface area contributed by atoms with E-state index in [0.29, 0.717) is 27.9 Å². The van der Waals surface area contributed by atoms with Crippen molar-refractivity contribution >= 4 is 5.78 Å². The zero-order chi connectivity index (χ0) is 22.6. The van der Waals surface area contributed by atoms with E-state index >= 15 is 0 Å². The second-order valence-corrected chi connectivity index (χ2v) is 14.5. The zero-order valence-electron chi connectivity index (χ0n) is 21.7. The highest BCUT2D eigenvalue weighted by molar-refractivity contribution is 5.85. The molecule has 0 aromatic carbocycles. The van der Waals surface area contributed by atoms with Gasteiger partial charge in [0.05, 0.1) is 0 Å². The molecule has 0 heterocycles. The quantitative estimate of drug-likeness (QED) is 0.387. The highest BCUT2D eigenvalue weighted by Gasteiger charge is 2.68. The summed E-state index contributed by atoms with van der Waals surface area (Å²) in [6.45, 7) is 20.1. The first-order valence-corrected chi connectivity index (χ1v) is 13.6. The second-order valence-electron chi connectivity index (χ2n) is 14.5. The molecule has 31 heavy (non-hydrogen) atoms. The number of hydrogen-bond acceptors (Lipinski definition) is 1. The van der Waals surface area contributed by atoms with E-state index < -0.39 is 0 Å². The SMILES string of the molecule is CC(C)[C@@H]1CC[C@@]2(C)CC[C@@]3(C)[C@@H]4CC[C@@H]5C(C)(C)C(=O)CC[C@]5(C)C4=CC[C@]3(C)[C@@H]12. The first kappa shape index (κ1) is 22.2. The van der Waals surface area contributed by atoms with Crippen LogP contribution in [0.4, 0.5) is 0 Å². The molecule has 0 aromatic rings. The van der Waals surface area contributed by atoms with E-state index in [2.05, 4.69) is 61.5 Å². The van der Waals surface area contributed by atoms with Crippen LogP contribution in [0.3, 0.4) is 0 Å². The van der Waals surface area contributed by atoms with Crippen LogP contribution in [0, 0.1) is 56.7 Å². The lowest BCUT2D eigenvalue weighted by Crippen LogP contribution is -2.62. The summed E-state index contributed by atoms with van der Waals surface area (Å²) in [6, 6.07) is 0. The average molecular weight is 425 g/mol. The van der Waals surface area contributed by atoms with Crippen LogP contribution < -0.4 is 0 Å². The van der Waals surface area contributed by atoms with Gasteiger partial charge in [-0.25, -0.2) is 0 Å². The van der Waals surface area contributed by atoms with Gasteiger partial charge in [0.2, 0.25) is 0 Å². The Kier molecular flexibility index (Phi) is 4.66. The maximum atomic E-state index is 12.9. The van der Waals surface area contributed by atoms with Crippen LogP contribution in [-0.4, -0.2) is 5.78 Å². The molecule has 5 aliphatic rings. The first-order chi connectivity index (χ1) is 14.3. The second kappa shape index (κ2) is 6.50. The van der Waals surface area contributed by atoms with Crippen molar-refractivity contribution in [3.63, 3.8) is 0 Å². The van der Waals surface area contributed by atoms with Crippen LogP contribution in [-0.2, 0) is 4.79 Å². The molecule has 8 atom stereocenters. The fourth-order valence-electron chi connectivity index (χ4n) is 10.8. The summed E-state index contributed by atoms with van der Waals surface area (Å²) < 4.78 is 0. The van der Waals surface area contributed by atoms with Gasteiger partial charge in [-0.1, -0.05) is 67.0 Å². The molecule has 4 saturated carbocycles. The maximum absolute atomic E-state index is 12.9. The normalized spacial score (nSPS) is 53.3. The summed E-state index contributed by atoms with van der Waals surface area (Å²) in [5, 5.41) is 0. The van der Waals surface area contributed by atoms with Crippen LogP contribution in [0.5, 0.6) is 0 Å². The Morgan fingerprint density at radius 1 is 0.871 bits per heavy atom. The van der Waals surface area contributed by atoms with Crippen molar-refractivity contribution in [3.05, 3.63) is 11.6 Å². The molecular formula is C30H48O. The highest BCUT2D eigenvalue weighted by atomic mass is 16.1. The Morgan fingerprint density at radius 2 is 1.58 bits per heavy atom. The molecule has 174 valence electrons. The minimum Gasteiger partial charge on any atom is -0.299 e. The molecule has 0 aromatic heterocycles. The van der Waals surface area contributed by atoms with Crippen LogP contribution in [0.25, 0.3) is 0 Å². The smallest absolute Gasteiger partial charge is 0.138 e. The minimum absolute atomic E-state index is 0.153. The molecule has 5 aliphatic carbocycles. The number of carbonyl (C=O) groups excluding carboxylic acids is 1. The predicted octanol–water partition coefficient (Wildman–Crippen LogP) is 8.23. The van der Waals surface area contributed by atoms with Crippen molar-refractivity contribution in [2.24, 2.45) is 56.7 Å². The van der Waals surface area contributed by atoms with Crippen molar-refractivity contribution in [3.8, 4) is 0 Å². The Balaban J connectivity index is 1.60. The van der Waals surface area contributed by atoms with Crippen molar-refractivity contribution in [1.29, 1.82) is 0 Å². The Labute approximate surface area is 192 Å². The predicted molar refractivity (Wildman–Crippen MR) is 130 cm³/mol. The summed E-state index contributed by atoms with van der Waals surface area (Å²) in [4.78, 5) is 12.9. The van der Waals surface area contributed by atoms with Gasteiger partial charge in [-0.15, -0.1) is 0 Å². The Bertz CT molecular complexity index is 818. The number of ketones is 1. The third kappa shape index (κ3) is 2.59. The van der Waals surface area contributed by atoms with Crippen LogP contribution >= 0.6 is 0 Å². The van der Waals surface area contributed by atoms with Gasteiger partial charge >= 0.3 is 0 Å². The van der Waals surface area contributed by atoms with E-state index in [1.807, 2.05) is 0 Å². The van der Waals surface area contributed by atoms with E-state index in [9.17, 15) is 4.79 Å². The summed E-state index contributed by atoms with van der Waals surface area (Å²) in [5.74, 6) is 4.33. The molecule has 0 amide bonds. The maximum Gasteiger partial charge on any atom is 0.138 e. The monoisotopic (exact) mass is 424 g/mol. The number of allylic oxidation sites excluding steroid dienone is 2. The van der Waals surface area contributed by atoms with Gasteiger partial charge in [0, 0.05) is 11.8 Å². The van der Waals surface area contributed by atoms with Crippen LogP contribution in [0.2, 0.25) is 0 Å². The van der Waals surface area contributed by atoms with Crippen LogP contribution in [0.1, 0.15) is 113 Å². The molecule has 0 radical (unpaired) electrons. The van der Waals surface area contributed by atoms with Gasteiger partial charge in [0.1, 0.15) is 5.78 Å². The number of carbonyl (C=O) groups is 1. The summed E-state index contributed by atoms with van der Waals surface area (Å²) >= 11 is 0. The topological polar surface area (TPSA) is 17.1 Å². The van der Waals surface area contributed by atoms with Crippen LogP contribution in [0.15, 0.2) is 11.6 Å². The molecule has 0 bridgehead atoms. The third-order valence-corrected chi connectivity index (χ3v) is 12.8. The average Bonchev–Trinajstić information content (AvgIpc) is 3.06. The molecule has 5 rings (SSSR count). The minimum atomic E-state index is -0.153. The van der Waals surface area contributed by atoms with E-state index in [1.54, 1.807) is 5.57 Å². The third-order valence-electron chi connectivity index (χ3n) is 12.8. The highest BCUT2D eigenvalue weighted by Crippen LogP contribution is 2.76. The molecule has 0 unspecified atom stereocenters. The molecule has 1 nitrogen and oxygen atoms in total. The zero-order valence-corrected chi connectivity index (χ0v) is 21.7. The molecule has 0 spiro atoms. The fraction of sp³-hybridized carbons (Fsp3) is 0.900. The largest absolute Gasteiger partial charge is 0.299 e. The van der Waals surface area contributed by atoms with E-state index in [4.69, 9.17) is 0 Å². The van der Waals surface area contributed by atoms with E-state index in [0.717, 1.165) is 36.5 Å². The van der Waals surface area contributed by atoms with Gasteiger partial charge in [-0.2, -0.15) is 0 Å². The fourth-order valence-corrected chi connectivity index (χ4v) is 10.8. The van der Waals surface area contributed by atoms with Gasteiger partial charge < -0.3 is 0 Å². The molecule has 1 heteroatoms. The Hall–Kier alpha value is -0.590. The number of Topliss-reactive ketones (excluding diaryl/α,β-unsaturated/α-hetero) is 1. The van der Waals surface area contributed by atoms with Gasteiger partial charge in [-0.05, 0) is 103 Å². The van der Waals surface area contributed by atoms with Crippen molar-refractivity contribution in [2.75, 3.05) is 0 Å². The van der Waals surface area contributed by atoms with Crippen molar-refractivity contribution in [1.82, 2.24) is 0 Å².